The third kappa shape index (κ3) is 3.29. The van der Waals surface area contributed by atoms with Crippen LogP contribution in [0.25, 0.3) is 0 Å². The Balaban J connectivity index is 0.00000162. The van der Waals surface area contributed by atoms with Crippen molar-refractivity contribution in [2.24, 2.45) is 0 Å². The molecule has 0 amide bonds. The van der Waals surface area contributed by atoms with Crippen LogP contribution in [0, 0.1) is 0 Å². The van der Waals surface area contributed by atoms with Crippen molar-refractivity contribution in [3.63, 3.8) is 0 Å². The van der Waals surface area contributed by atoms with E-state index in [4.69, 9.17) is 28.3 Å². The Morgan fingerprint density at radius 2 is 2.00 bits per heavy atom. The molecule has 1 atom stereocenters. The van der Waals surface area contributed by atoms with Gasteiger partial charge in [-0.1, -0.05) is 29.3 Å². The van der Waals surface area contributed by atoms with Crippen molar-refractivity contribution >= 4 is 41.6 Å². The predicted molar refractivity (Wildman–Crippen MR) is 74.8 cm³/mol. The summed E-state index contributed by atoms with van der Waals surface area (Å²) in [5, 5.41) is 10.3. The van der Waals surface area contributed by atoms with Crippen molar-refractivity contribution in [2.45, 2.75) is 25.4 Å². The molecule has 1 aliphatic rings. The monoisotopic (exact) mass is 309 g/mol. The van der Waals surface area contributed by atoms with Gasteiger partial charge in [0, 0.05) is 22.2 Å². The van der Waals surface area contributed by atoms with Crippen LogP contribution in [0.4, 0.5) is 0 Å². The second kappa shape index (κ2) is 6.62. The quantitative estimate of drug-likeness (QED) is 0.929. The molecule has 18 heavy (non-hydrogen) atoms. The van der Waals surface area contributed by atoms with E-state index < -0.39 is 12.0 Å². The fraction of sp³-hybridized carbons (Fsp3) is 0.417. The number of aliphatic carboxylic acids is 1. The molecule has 0 aliphatic carbocycles. The molecule has 0 aromatic heterocycles. The minimum atomic E-state index is -0.773. The van der Waals surface area contributed by atoms with Crippen molar-refractivity contribution in [3.8, 4) is 0 Å². The van der Waals surface area contributed by atoms with Crippen LogP contribution < -0.4 is 0 Å². The number of likely N-dealkylation sites (tertiary alicyclic amines) is 1. The predicted octanol–water partition coefficient (Wildman–Crippen LogP) is 3.46. The molecular formula is C12H14Cl3NO2. The maximum Gasteiger partial charge on any atom is 0.320 e. The summed E-state index contributed by atoms with van der Waals surface area (Å²) < 4.78 is 0. The average molecular weight is 311 g/mol. The van der Waals surface area contributed by atoms with Crippen LogP contribution in [-0.2, 0) is 11.3 Å². The van der Waals surface area contributed by atoms with Gasteiger partial charge in [0.25, 0.3) is 0 Å². The Hall–Kier alpha value is -0.480. The van der Waals surface area contributed by atoms with Gasteiger partial charge < -0.3 is 5.11 Å². The van der Waals surface area contributed by atoms with E-state index in [1.165, 1.54) is 0 Å². The standard InChI is InChI=1S/C12H13Cl2NO2.ClH/c13-9-3-1-4-10(14)8(9)7-15-6-2-5-11(15)12(16)17;/h1,3-4,11H,2,5-7H2,(H,16,17);1H. The van der Waals surface area contributed by atoms with Gasteiger partial charge in [0.15, 0.2) is 0 Å². The maximum atomic E-state index is 11.1. The average Bonchev–Trinajstić information content (AvgIpc) is 2.72. The number of carboxylic acid groups (broad SMARTS) is 1. The molecule has 1 N–H and O–H groups in total. The van der Waals surface area contributed by atoms with E-state index in [2.05, 4.69) is 0 Å². The molecule has 1 aliphatic heterocycles. The van der Waals surface area contributed by atoms with Gasteiger partial charge in [-0.15, -0.1) is 12.4 Å². The molecule has 1 unspecified atom stereocenters. The number of hydrogen-bond donors (Lipinski definition) is 1. The van der Waals surface area contributed by atoms with Crippen molar-refractivity contribution in [1.29, 1.82) is 0 Å². The van der Waals surface area contributed by atoms with Crippen LogP contribution in [-0.4, -0.2) is 28.6 Å². The topological polar surface area (TPSA) is 40.5 Å². The molecule has 0 spiro atoms. The van der Waals surface area contributed by atoms with Gasteiger partial charge in [-0.3, -0.25) is 9.69 Å². The van der Waals surface area contributed by atoms with Gasteiger partial charge >= 0.3 is 5.97 Å². The Morgan fingerprint density at radius 1 is 1.39 bits per heavy atom. The summed E-state index contributed by atoms with van der Waals surface area (Å²) in [7, 11) is 0. The lowest BCUT2D eigenvalue weighted by Gasteiger charge is -2.22. The maximum absolute atomic E-state index is 11.1. The van der Waals surface area contributed by atoms with Gasteiger partial charge in [-0.25, -0.2) is 0 Å². The van der Waals surface area contributed by atoms with Crippen LogP contribution >= 0.6 is 35.6 Å². The second-order valence-corrected chi connectivity index (χ2v) is 4.98. The molecule has 0 radical (unpaired) electrons. The molecule has 1 heterocycles. The van der Waals surface area contributed by atoms with E-state index in [1.807, 2.05) is 4.90 Å². The van der Waals surface area contributed by atoms with Gasteiger partial charge in [0.05, 0.1) is 0 Å². The molecule has 2 rings (SSSR count). The fourth-order valence-corrected chi connectivity index (χ4v) is 2.70. The largest absolute Gasteiger partial charge is 0.480 e. The third-order valence-corrected chi connectivity index (χ3v) is 3.78. The lowest BCUT2D eigenvalue weighted by molar-refractivity contribution is -0.142. The van der Waals surface area contributed by atoms with Crippen molar-refractivity contribution in [2.75, 3.05) is 6.54 Å². The molecule has 1 aromatic rings. The van der Waals surface area contributed by atoms with E-state index in [-0.39, 0.29) is 12.4 Å². The van der Waals surface area contributed by atoms with E-state index in [0.717, 1.165) is 18.5 Å². The lowest BCUT2D eigenvalue weighted by atomic mass is 10.2. The highest BCUT2D eigenvalue weighted by atomic mass is 35.5. The molecular weight excluding hydrogens is 296 g/mol. The zero-order valence-electron chi connectivity index (χ0n) is 9.60. The van der Waals surface area contributed by atoms with Crippen molar-refractivity contribution in [1.82, 2.24) is 4.90 Å². The number of carbonyl (C=O) groups is 1. The zero-order valence-corrected chi connectivity index (χ0v) is 11.9. The highest BCUT2D eigenvalue weighted by molar-refractivity contribution is 6.35. The molecule has 1 saturated heterocycles. The zero-order chi connectivity index (χ0) is 12.4. The molecule has 6 heteroatoms. The first kappa shape index (κ1) is 15.6. The van der Waals surface area contributed by atoms with E-state index in [9.17, 15) is 4.79 Å². The van der Waals surface area contributed by atoms with Gasteiger partial charge in [0.2, 0.25) is 0 Å². The Morgan fingerprint density at radius 3 is 2.56 bits per heavy atom. The first-order valence-electron chi connectivity index (χ1n) is 5.49. The second-order valence-electron chi connectivity index (χ2n) is 4.17. The van der Waals surface area contributed by atoms with Crippen molar-refractivity contribution < 1.29 is 9.90 Å². The van der Waals surface area contributed by atoms with Crippen LogP contribution in [0.3, 0.4) is 0 Å². The highest BCUT2D eigenvalue weighted by Crippen LogP contribution is 2.28. The number of halogens is 3. The Labute approximate surface area is 122 Å². The number of rotatable bonds is 3. The molecule has 1 aromatic carbocycles. The Bertz CT molecular complexity index is 419. The summed E-state index contributed by atoms with van der Waals surface area (Å²) in [6.07, 6.45) is 1.59. The number of nitrogens with zero attached hydrogens (tertiary/aromatic N) is 1. The number of carboxylic acids is 1. The minimum absolute atomic E-state index is 0. The van der Waals surface area contributed by atoms with E-state index in [1.54, 1.807) is 18.2 Å². The summed E-state index contributed by atoms with van der Waals surface area (Å²) in [5.41, 5.74) is 0.809. The SMILES string of the molecule is Cl.O=C(O)C1CCCN1Cc1c(Cl)cccc1Cl. The number of benzene rings is 1. The van der Waals surface area contributed by atoms with Crippen LogP contribution in [0.15, 0.2) is 18.2 Å². The summed E-state index contributed by atoms with van der Waals surface area (Å²) in [4.78, 5) is 13.0. The van der Waals surface area contributed by atoms with Crippen LogP contribution in [0.5, 0.6) is 0 Å². The third-order valence-electron chi connectivity index (χ3n) is 3.07. The summed E-state index contributed by atoms with van der Waals surface area (Å²) >= 11 is 12.2. The minimum Gasteiger partial charge on any atom is -0.480 e. The van der Waals surface area contributed by atoms with E-state index >= 15 is 0 Å². The number of hydrogen-bond acceptors (Lipinski definition) is 2. The van der Waals surface area contributed by atoms with Gasteiger partial charge in [-0.05, 0) is 31.5 Å². The summed E-state index contributed by atoms with van der Waals surface area (Å²) in [6.45, 7) is 1.27. The van der Waals surface area contributed by atoms with Crippen LogP contribution in [0.1, 0.15) is 18.4 Å². The van der Waals surface area contributed by atoms with Gasteiger partial charge in [0.1, 0.15) is 6.04 Å². The van der Waals surface area contributed by atoms with E-state index in [0.29, 0.717) is 23.0 Å². The van der Waals surface area contributed by atoms with Crippen LogP contribution in [0.2, 0.25) is 10.0 Å². The van der Waals surface area contributed by atoms with Gasteiger partial charge in [-0.2, -0.15) is 0 Å². The first-order chi connectivity index (χ1) is 8.09. The Kier molecular flexibility index (Phi) is 5.73. The summed E-state index contributed by atoms with van der Waals surface area (Å²) in [6, 6.07) is 4.91. The lowest BCUT2D eigenvalue weighted by Crippen LogP contribution is -2.35. The first-order valence-corrected chi connectivity index (χ1v) is 6.25. The molecule has 0 bridgehead atoms. The molecule has 1 fully saturated rings. The molecule has 100 valence electrons. The molecule has 3 nitrogen and oxygen atoms in total. The normalized spacial score (nSPS) is 19.6. The highest BCUT2D eigenvalue weighted by Gasteiger charge is 2.30. The fourth-order valence-electron chi connectivity index (χ4n) is 2.18. The smallest absolute Gasteiger partial charge is 0.320 e. The summed E-state index contributed by atoms with van der Waals surface area (Å²) in [5.74, 6) is -0.773. The van der Waals surface area contributed by atoms with Crippen molar-refractivity contribution in [3.05, 3.63) is 33.8 Å². The molecule has 0 saturated carbocycles.